The first-order chi connectivity index (χ1) is 8.73. The monoisotopic (exact) mass is 254 g/mol. The standard InChI is InChI=1S/C15H11ClN2/c1-2-15(11-17,14-5-3-4-10-18-14)12-6-8-13(16)9-7-12/h2-10H,1H2. The van der Waals surface area contributed by atoms with E-state index in [9.17, 15) is 5.26 Å². The minimum atomic E-state index is -0.939. The van der Waals surface area contributed by atoms with Gasteiger partial charge in [0, 0.05) is 11.2 Å². The molecule has 2 rings (SSSR count). The van der Waals surface area contributed by atoms with Crippen LogP contribution in [0.4, 0.5) is 0 Å². The van der Waals surface area contributed by atoms with Gasteiger partial charge < -0.3 is 0 Å². The second-order valence-electron chi connectivity index (χ2n) is 3.85. The van der Waals surface area contributed by atoms with Crippen molar-refractivity contribution in [1.29, 1.82) is 5.26 Å². The van der Waals surface area contributed by atoms with Crippen LogP contribution in [0.2, 0.25) is 5.02 Å². The molecule has 0 bridgehead atoms. The molecule has 2 aromatic rings. The van der Waals surface area contributed by atoms with Crippen LogP contribution in [0.3, 0.4) is 0 Å². The van der Waals surface area contributed by atoms with Crippen LogP contribution >= 0.6 is 11.6 Å². The Morgan fingerprint density at radius 1 is 1.22 bits per heavy atom. The number of aromatic nitrogens is 1. The maximum absolute atomic E-state index is 9.56. The molecule has 3 heteroatoms. The van der Waals surface area contributed by atoms with E-state index in [2.05, 4.69) is 17.6 Å². The zero-order chi connectivity index (χ0) is 13.0. The van der Waals surface area contributed by atoms with Crippen LogP contribution in [0, 0.1) is 11.3 Å². The fourth-order valence-corrected chi connectivity index (χ4v) is 1.97. The van der Waals surface area contributed by atoms with Crippen LogP contribution in [0.15, 0.2) is 61.3 Å². The number of benzene rings is 1. The molecule has 0 radical (unpaired) electrons. The number of halogens is 1. The zero-order valence-electron chi connectivity index (χ0n) is 9.68. The Balaban J connectivity index is 2.62. The van der Waals surface area contributed by atoms with Crippen LogP contribution in [0.5, 0.6) is 0 Å². The van der Waals surface area contributed by atoms with Crippen molar-refractivity contribution in [2.45, 2.75) is 5.41 Å². The van der Waals surface area contributed by atoms with E-state index in [1.54, 1.807) is 24.4 Å². The van der Waals surface area contributed by atoms with Gasteiger partial charge in [0.1, 0.15) is 5.41 Å². The third-order valence-electron chi connectivity index (χ3n) is 2.85. The molecule has 0 aliphatic carbocycles. The lowest BCUT2D eigenvalue weighted by atomic mass is 9.79. The van der Waals surface area contributed by atoms with E-state index in [0.717, 1.165) is 5.56 Å². The van der Waals surface area contributed by atoms with Gasteiger partial charge in [-0.15, -0.1) is 6.58 Å². The Labute approximate surface area is 111 Å². The Morgan fingerprint density at radius 2 is 1.94 bits per heavy atom. The largest absolute Gasteiger partial charge is 0.259 e. The molecule has 88 valence electrons. The average Bonchev–Trinajstić information content (AvgIpc) is 2.44. The third-order valence-corrected chi connectivity index (χ3v) is 3.10. The van der Waals surface area contributed by atoms with E-state index in [4.69, 9.17) is 11.6 Å². The average molecular weight is 255 g/mol. The molecule has 18 heavy (non-hydrogen) atoms. The minimum absolute atomic E-state index is 0.635. The van der Waals surface area contributed by atoms with E-state index in [1.807, 2.05) is 30.3 Å². The van der Waals surface area contributed by atoms with Crippen LogP contribution in [0.1, 0.15) is 11.3 Å². The van der Waals surface area contributed by atoms with Crippen molar-refractivity contribution in [2.24, 2.45) is 0 Å². The normalized spacial score (nSPS) is 13.3. The van der Waals surface area contributed by atoms with E-state index >= 15 is 0 Å². The summed E-state index contributed by atoms with van der Waals surface area (Å²) in [6.45, 7) is 3.78. The van der Waals surface area contributed by atoms with Gasteiger partial charge in [-0.3, -0.25) is 4.98 Å². The summed E-state index contributed by atoms with van der Waals surface area (Å²) in [4.78, 5) is 4.26. The van der Waals surface area contributed by atoms with Crippen LogP contribution in [0.25, 0.3) is 0 Å². The van der Waals surface area contributed by atoms with Gasteiger partial charge in [0.15, 0.2) is 0 Å². The first-order valence-corrected chi connectivity index (χ1v) is 5.83. The second-order valence-corrected chi connectivity index (χ2v) is 4.28. The highest BCUT2D eigenvalue weighted by atomic mass is 35.5. The molecule has 1 aromatic heterocycles. The fourth-order valence-electron chi connectivity index (χ4n) is 1.85. The number of nitrogens with zero attached hydrogens (tertiary/aromatic N) is 2. The summed E-state index contributed by atoms with van der Waals surface area (Å²) in [6, 6.07) is 14.9. The van der Waals surface area contributed by atoms with Gasteiger partial charge in [0.25, 0.3) is 0 Å². The smallest absolute Gasteiger partial charge is 0.142 e. The molecule has 1 aromatic carbocycles. The highest BCUT2D eigenvalue weighted by Crippen LogP contribution is 2.32. The van der Waals surface area contributed by atoms with Gasteiger partial charge >= 0.3 is 0 Å². The minimum Gasteiger partial charge on any atom is -0.259 e. The molecule has 2 nitrogen and oxygen atoms in total. The number of nitriles is 1. The molecule has 1 heterocycles. The Morgan fingerprint density at radius 3 is 2.44 bits per heavy atom. The molecule has 0 saturated carbocycles. The maximum Gasteiger partial charge on any atom is 0.142 e. The zero-order valence-corrected chi connectivity index (χ0v) is 10.4. The Bertz CT molecular complexity index is 584. The number of hydrogen-bond acceptors (Lipinski definition) is 2. The van der Waals surface area contributed by atoms with Crippen LogP contribution in [-0.4, -0.2) is 4.98 Å². The van der Waals surface area contributed by atoms with Crippen LogP contribution < -0.4 is 0 Å². The Hall–Kier alpha value is -2.11. The molecule has 0 fully saturated rings. The first kappa shape index (κ1) is 12.3. The van der Waals surface area contributed by atoms with Gasteiger partial charge in [-0.25, -0.2) is 0 Å². The lowest BCUT2D eigenvalue weighted by Crippen LogP contribution is -2.24. The molecule has 0 amide bonds. The van der Waals surface area contributed by atoms with Crippen molar-refractivity contribution < 1.29 is 0 Å². The Kier molecular flexibility index (Phi) is 3.45. The second kappa shape index (κ2) is 5.03. The summed E-state index contributed by atoms with van der Waals surface area (Å²) >= 11 is 5.87. The van der Waals surface area contributed by atoms with Crippen LogP contribution in [-0.2, 0) is 5.41 Å². The molecule has 1 unspecified atom stereocenters. The summed E-state index contributed by atoms with van der Waals surface area (Å²) in [7, 11) is 0. The number of hydrogen-bond donors (Lipinski definition) is 0. The summed E-state index contributed by atoms with van der Waals surface area (Å²) in [5, 5.41) is 10.2. The van der Waals surface area contributed by atoms with E-state index in [1.165, 1.54) is 0 Å². The van der Waals surface area contributed by atoms with Crippen molar-refractivity contribution in [3.8, 4) is 6.07 Å². The molecule has 0 spiro atoms. The molecule has 0 N–H and O–H groups in total. The lowest BCUT2D eigenvalue weighted by molar-refractivity contribution is 0.793. The number of allylic oxidation sites excluding steroid dienone is 1. The van der Waals surface area contributed by atoms with Crippen molar-refractivity contribution in [2.75, 3.05) is 0 Å². The van der Waals surface area contributed by atoms with Crippen molar-refractivity contribution in [3.63, 3.8) is 0 Å². The highest BCUT2D eigenvalue weighted by Gasteiger charge is 2.32. The molecule has 0 saturated heterocycles. The van der Waals surface area contributed by atoms with Crippen molar-refractivity contribution in [1.82, 2.24) is 4.98 Å². The molecular formula is C15H11ClN2. The SMILES string of the molecule is C=CC(C#N)(c1ccc(Cl)cc1)c1ccccn1. The summed E-state index contributed by atoms with van der Waals surface area (Å²) in [5.74, 6) is 0. The summed E-state index contributed by atoms with van der Waals surface area (Å²) in [5.41, 5.74) is 0.527. The van der Waals surface area contributed by atoms with Gasteiger partial charge in [-0.05, 0) is 29.8 Å². The van der Waals surface area contributed by atoms with E-state index in [0.29, 0.717) is 10.7 Å². The van der Waals surface area contributed by atoms with Gasteiger partial charge in [0.2, 0.25) is 0 Å². The number of rotatable bonds is 3. The predicted octanol–water partition coefficient (Wildman–Crippen LogP) is 3.73. The molecule has 0 aliphatic heterocycles. The fraction of sp³-hybridized carbons (Fsp3) is 0.0667. The third kappa shape index (κ3) is 2.01. The summed E-state index contributed by atoms with van der Waals surface area (Å²) in [6.07, 6.45) is 3.28. The summed E-state index contributed by atoms with van der Waals surface area (Å²) < 4.78 is 0. The van der Waals surface area contributed by atoms with Gasteiger partial charge in [-0.1, -0.05) is 35.9 Å². The maximum atomic E-state index is 9.56. The first-order valence-electron chi connectivity index (χ1n) is 5.45. The topological polar surface area (TPSA) is 36.7 Å². The molecule has 0 aliphatic rings. The van der Waals surface area contributed by atoms with Crippen molar-refractivity contribution >= 4 is 11.6 Å². The van der Waals surface area contributed by atoms with Gasteiger partial charge in [-0.2, -0.15) is 5.26 Å². The van der Waals surface area contributed by atoms with E-state index in [-0.39, 0.29) is 0 Å². The highest BCUT2D eigenvalue weighted by molar-refractivity contribution is 6.30. The predicted molar refractivity (Wildman–Crippen MR) is 72.3 cm³/mol. The quantitative estimate of drug-likeness (QED) is 0.783. The number of pyridine rings is 1. The molecule has 1 atom stereocenters. The van der Waals surface area contributed by atoms with Crippen molar-refractivity contribution in [3.05, 3.63) is 77.6 Å². The van der Waals surface area contributed by atoms with Gasteiger partial charge in [0.05, 0.1) is 11.8 Å². The van der Waals surface area contributed by atoms with E-state index < -0.39 is 5.41 Å². The lowest BCUT2D eigenvalue weighted by Gasteiger charge is -2.22. The molecular weight excluding hydrogens is 244 g/mol.